The number of rotatable bonds is 12. The third-order valence-electron chi connectivity index (χ3n) is 1.53. The summed E-state index contributed by atoms with van der Waals surface area (Å²) < 4.78 is 4.98. The summed E-state index contributed by atoms with van der Waals surface area (Å²) >= 11 is 7.02. The van der Waals surface area contributed by atoms with E-state index >= 15 is 0 Å². The molecule has 0 atom stereocenters. The van der Waals surface area contributed by atoms with E-state index in [0.29, 0.717) is 18.1 Å². The molecule has 0 heterocycles. The van der Waals surface area contributed by atoms with E-state index in [2.05, 4.69) is 6.92 Å². The quantitative estimate of drug-likeness (QED) is 0.337. The highest BCUT2D eigenvalue weighted by Gasteiger charge is 2.02. The third-order valence-corrected chi connectivity index (χ3v) is 5.85. The standard InChI is InChI=1S/C10H20O3S4/c1-2-14-8-17-9-16-5-3-10(12)13-7-15-6-4-11/h11H,2-9H2,1H3. The zero-order valence-corrected chi connectivity index (χ0v) is 13.3. The average molecular weight is 317 g/mol. The summed E-state index contributed by atoms with van der Waals surface area (Å²) in [5.74, 6) is 2.82. The van der Waals surface area contributed by atoms with Gasteiger partial charge in [0.15, 0.2) is 0 Å². The van der Waals surface area contributed by atoms with E-state index in [1.165, 1.54) is 11.8 Å². The number of esters is 1. The zero-order chi connectivity index (χ0) is 12.8. The SMILES string of the molecule is CCSCSCSCCC(=O)OCSCCO. The van der Waals surface area contributed by atoms with E-state index in [9.17, 15) is 4.79 Å². The molecule has 0 saturated heterocycles. The van der Waals surface area contributed by atoms with Gasteiger partial charge < -0.3 is 9.84 Å². The number of carbonyl (C=O) groups is 1. The van der Waals surface area contributed by atoms with Crippen LogP contribution >= 0.6 is 47.0 Å². The van der Waals surface area contributed by atoms with Crippen molar-refractivity contribution in [3.05, 3.63) is 0 Å². The number of hydrogen-bond acceptors (Lipinski definition) is 7. The second kappa shape index (κ2) is 14.9. The van der Waals surface area contributed by atoms with Gasteiger partial charge in [-0.1, -0.05) is 6.92 Å². The molecule has 0 aliphatic rings. The maximum atomic E-state index is 11.2. The first-order chi connectivity index (χ1) is 8.31. The van der Waals surface area contributed by atoms with Crippen molar-refractivity contribution in [2.45, 2.75) is 13.3 Å². The largest absolute Gasteiger partial charge is 0.455 e. The minimum Gasteiger partial charge on any atom is -0.455 e. The molecule has 0 saturated carbocycles. The Morgan fingerprint density at radius 2 is 1.88 bits per heavy atom. The maximum absolute atomic E-state index is 11.2. The van der Waals surface area contributed by atoms with Gasteiger partial charge in [0.05, 0.1) is 13.0 Å². The van der Waals surface area contributed by atoms with E-state index in [-0.39, 0.29) is 12.6 Å². The molecular weight excluding hydrogens is 296 g/mol. The molecule has 0 aromatic rings. The molecule has 17 heavy (non-hydrogen) atoms. The molecule has 0 aromatic heterocycles. The van der Waals surface area contributed by atoms with Gasteiger partial charge in [-0.2, -0.15) is 23.5 Å². The Balaban J connectivity index is 3.11. The fourth-order valence-electron chi connectivity index (χ4n) is 0.753. The number of ether oxygens (including phenoxy) is 1. The number of aliphatic hydroxyl groups is 1. The Kier molecular flexibility index (Phi) is 15.6. The molecule has 0 unspecified atom stereocenters. The normalized spacial score (nSPS) is 10.5. The van der Waals surface area contributed by atoms with E-state index < -0.39 is 0 Å². The lowest BCUT2D eigenvalue weighted by molar-refractivity contribution is -0.140. The summed E-state index contributed by atoms with van der Waals surface area (Å²) in [6.45, 7) is 2.29. The molecule has 0 bridgehead atoms. The average Bonchev–Trinajstić information content (AvgIpc) is 2.33. The Morgan fingerprint density at radius 1 is 1.12 bits per heavy atom. The van der Waals surface area contributed by atoms with Crippen molar-refractivity contribution in [1.82, 2.24) is 0 Å². The molecule has 1 N–H and O–H groups in total. The number of aliphatic hydroxyl groups excluding tert-OH is 1. The van der Waals surface area contributed by atoms with E-state index in [4.69, 9.17) is 9.84 Å². The predicted octanol–water partition coefficient (Wildman–Crippen LogP) is 2.74. The summed E-state index contributed by atoms with van der Waals surface area (Å²) in [7, 11) is 0. The summed E-state index contributed by atoms with van der Waals surface area (Å²) in [6, 6.07) is 0. The summed E-state index contributed by atoms with van der Waals surface area (Å²) in [5, 5.41) is 10.7. The summed E-state index contributed by atoms with van der Waals surface area (Å²) in [6.07, 6.45) is 0.478. The maximum Gasteiger partial charge on any atom is 0.307 e. The van der Waals surface area contributed by atoms with Crippen molar-refractivity contribution in [2.75, 3.05) is 40.0 Å². The number of hydrogen-bond donors (Lipinski definition) is 1. The van der Waals surface area contributed by atoms with Gasteiger partial charge in [0.1, 0.15) is 5.94 Å². The van der Waals surface area contributed by atoms with Crippen LogP contribution in [0.5, 0.6) is 0 Å². The van der Waals surface area contributed by atoms with Gasteiger partial charge in [0.2, 0.25) is 0 Å². The molecular formula is C10H20O3S4. The lowest BCUT2D eigenvalue weighted by Crippen LogP contribution is -2.05. The monoisotopic (exact) mass is 316 g/mol. The van der Waals surface area contributed by atoms with Crippen LogP contribution in [-0.4, -0.2) is 51.0 Å². The molecule has 0 rings (SSSR count). The highest BCUT2D eigenvalue weighted by atomic mass is 32.2. The molecule has 0 aromatic carbocycles. The van der Waals surface area contributed by atoms with E-state index in [1.807, 2.05) is 23.5 Å². The van der Waals surface area contributed by atoms with Crippen molar-refractivity contribution < 1.29 is 14.6 Å². The Labute approximate surface area is 121 Å². The van der Waals surface area contributed by atoms with Crippen molar-refractivity contribution >= 4 is 53.0 Å². The Morgan fingerprint density at radius 3 is 2.59 bits per heavy atom. The first kappa shape index (κ1) is 17.8. The molecule has 3 nitrogen and oxygen atoms in total. The van der Waals surface area contributed by atoms with Crippen molar-refractivity contribution in [2.24, 2.45) is 0 Å². The minimum atomic E-state index is -0.143. The van der Waals surface area contributed by atoms with Crippen LogP contribution in [0.15, 0.2) is 0 Å². The second-order valence-electron chi connectivity index (χ2n) is 2.86. The van der Waals surface area contributed by atoms with Crippen LogP contribution < -0.4 is 0 Å². The summed E-state index contributed by atoms with van der Waals surface area (Å²) in [5.41, 5.74) is 0. The summed E-state index contributed by atoms with van der Waals surface area (Å²) in [4.78, 5) is 11.2. The molecule has 0 radical (unpaired) electrons. The van der Waals surface area contributed by atoms with E-state index in [0.717, 1.165) is 21.7 Å². The Bertz CT molecular complexity index is 181. The molecule has 0 spiro atoms. The van der Waals surface area contributed by atoms with Gasteiger partial charge in [-0.25, -0.2) is 0 Å². The smallest absolute Gasteiger partial charge is 0.307 e. The van der Waals surface area contributed by atoms with Crippen molar-refractivity contribution in [1.29, 1.82) is 0 Å². The predicted molar refractivity (Wildman–Crippen MR) is 83.0 cm³/mol. The van der Waals surface area contributed by atoms with Crippen LogP contribution in [0.25, 0.3) is 0 Å². The molecule has 7 heteroatoms. The van der Waals surface area contributed by atoms with E-state index in [1.54, 1.807) is 11.8 Å². The topological polar surface area (TPSA) is 46.5 Å². The van der Waals surface area contributed by atoms with Crippen LogP contribution in [0, 0.1) is 0 Å². The van der Waals surface area contributed by atoms with Gasteiger partial charge in [-0.05, 0) is 5.75 Å². The highest BCUT2D eigenvalue weighted by molar-refractivity contribution is 8.22. The van der Waals surface area contributed by atoms with Gasteiger partial charge in [-0.15, -0.1) is 23.5 Å². The lowest BCUT2D eigenvalue weighted by atomic mass is 10.5. The van der Waals surface area contributed by atoms with Gasteiger partial charge in [0, 0.05) is 21.7 Å². The van der Waals surface area contributed by atoms with Crippen molar-refractivity contribution in [3.8, 4) is 0 Å². The zero-order valence-electron chi connectivity index (χ0n) is 10.1. The van der Waals surface area contributed by atoms with Gasteiger partial charge in [0.25, 0.3) is 0 Å². The third kappa shape index (κ3) is 14.8. The molecule has 0 fully saturated rings. The highest BCUT2D eigenvalue weighted by Crippen LogP contribution is 2.18. The first-order valence-electron chi connectivity index (χ1n) is 5.38. The van der Waals surface area contributed by atoms with Gasteiger partial charge >= 0.3 is 5.97 Å². The van der Waals surface area contributed by atoms with Crippen LogP contribution in [0.2, 0.25) is 0 Å². The van der Waals surface area contributed by atoms with Crippen molar-refractivity contribution in [3.63, 3.8) is 0 Å². The van der Waals surface area contributed by atoms with Crippen LogP contribution in [0.1, 0.15) is 13.3 Å². The lowest BCUT2D eigenvalue weighted by Gasteiger charge is -2.04. The Hall–Kier alpha value is 0.830. The number of thioether (sulfide) groups is 4. The molecule has 0 aliphatic heterocycles. The molecule has 0 amide bonds. The molecule has 0 aliphatic carbocycles. The number of carbonyl (C=O) groups excluding carboxylic acids is 1. The van der Waals surface area contributed by atoms with Gasteiger partial charge in [-0.3, -0.25) is 4.79 Å². The first-order valence-corrected chi connectivity index (χ1v) is 10.0. The minimum absolute atomic E-state index is 0.130. The van der Waals surface area contributed by atoms with Crippen LogP contribution in [-0.2, 0) is 9.53 Å². The fraction of sp³-hybridized carbons (Fsp3) is 0.900. The second-order valence-corrected chi connectivity index (χ2v) is 8.01. The molecule has 102 valence electrons. The van der Waals surface area contributed by atoms with Crippen LogP contribution in [0.3, 0.4) is 0 Å². The fourth-order valence-corrected chi connectivity index (χ4v) is 4.49. The van der Waals surface area contributed by atoms with Crippen LogP contribution in [0.4, 0.5) is 0 Å².